The van der Waals surface area contributed by atoms with Crippen LogP contribution in [0, 0.1) is 0 Å². The van der Waals surface area contributed by atoms with Gasteiger partial charge in [0.05, 0.1) is 7.11 Å². The van der Waals surface area contributed by atoms with Gasteiger partial charge >= 0.3 is 0 Å². The molecule has 8 heavy (non-hydrogen) atoms. The highest BCUT2D eigenvalue weighted by Crippen LogP contribution is 1.97. The summed E-state index contributed by atoms with van der Waals surface area (Å²) in [4.78, 5) is 1.44. The van der Waals surface area contributed by atoms with E-state index in [1.54, 1.807) is 20.4 Å². The van der Waals surface area contributed by atoms with Crippen molar-refractivity contribution in [1.29, 1.82) is 0 Å². The van der Waals surface area contributed by atoms with Crippen LogP contribution in [0.2, 0.25) is 0 Å². The number of rotatable bonds is 1. The fraction of sp³-hybridized carbons (Fsp3) is 0.500. The molecule has 0 N–H and O–H groups in total. The minimum Gasteiger partial charge on any atom is -0.479 e. The van der Waals surface area contributed by atoms with Crippen LogP contribution < -0.4 is 4.74 Å². The second kappa shape index (κ2) is 1.81. The summed E-state index contributed by atoms with van der Waals surface area (Å²) in [6.07, 6.45) is 1.56. The zero-order valence-electron chi connectivity index (χ0n) is 4.83. The zero-order valence-corrected chi connectivity index (χ0v) is 4.83. The maximum absolute atomic E-state index is 4.74. The Labute approximate surface area is 47.1 Å². The highest BCUT2D eigenvalue weighted by Gasteiger charge is 1.91. The van der Waals surface area contributed by atoms with E-state index in [0.717, 1.165) is 0 Å². The third-order valence-electron chi connectivity index (χ3n) is 0.788. The van der Waals surface area contributed by atoms with E-state index < -0.39 is 0 Å². The molecule has 0 aliphatic carbocycles. The number of hydrogen-bond acceptors (Lipinski definition) is 3. The summed E-state index contributed by atoms with van der Waals surface area (Å²) in [5, 5.41) is 7.58. The predicted octanol–water partition coefficient (Wildman–Crippen LogP) is -0.176. The first-order valence-electron chi connectivity index (χ1n) is 2.23. The van der Waals surface area contributed by atoms with Crippen LogP contribution in [0.3, 0.4) is 0 Å². The SMILES string of the molecule is COc1cnn(C)n1. The lowest BCUT2D eigenvalue weighted by Gasteiger charge is -1.85. The van der Waals surface area contributed by atoms with E-state index in [1.807, 2.05) is 0 Å². The first-order valence-corrected chi connectivity index (χ1v) is 2.23. The fourth-order valence-corrected chi connectivity index (χ4v) is 0.421. The lowest BCUT2D eigenvalue weighted by Crippen LogP contribution is -1.91. The molecule has 1 rings (SSSR count). The van der Waals surface area contributed by atoms with Gasteiger partial charge in [0, 0.05) is 7.05 Å². The van der Waals surface area contributed by atoms with Crippen molar-refractivity contribution in [3.63, 3.8) is 0 Å². The molecule has 0 aliphatic heterocycles. The number of methoxy groups -OCH3 is 1. The van der Waals surface area contributed by atoms with Gasteiger partial charge in [-0.3, -0.25) is 0 Å². The van der Waals surface area contributed by atoms with Crippen LogP contribution in [0.15, 0.2) is 6.20 Å². The van der Waals surface area contributed by atoms with E-state index >= 15 is 0 Å². The van der Waals surface area contributed by atoms with Crippen LogP contribution in [0.25, 0.3) is 0 Å². The molecule has 0 radical (unpaired) electrons. The van der Waals surface area contributed by atoms with Gasteiger partial charge in [0.2, 0.25) is 0 Å². The molecule has 4 heteroatoms. The molecule has 0 unspecified atom stereocenters. The molecule has 1 aromatic heterocycles. The van der Waals surface area contributed by atoms with Gasteiger partial charge in [-0.1, -0.05) is 0 Å². The normalized spacial score (nSPS) is 9.25. The Morgan fingerprint density at radius 2 is 2.50 bits per heavy atom. The Bertz CT molecular complexity index is 172. The molecule has 0 aliphatic rings. The summed E-state index contributed by atoms with van der Waals surface area (Å²) in [5.41, 5.74) is 0. The topological polar surface area (TPSA) is 39.9 Å². The van der Waals surface area contributed by atoms with Crippen molar-refractivity contribution in [2.45, 2.75) is 0 Å². The van der Waals surface area contributed by atoms with Gasteiger partial charge in [-0.25, -0.2) is 0 Å². The van der Waals surface area contributed by atoms with Crippen molar-refractivity contribution in [1.82, 2.24) is 15.0 Å². The molecule has 1 heterocycles. The molecular weight excluding hydrogens is 106 g/mol. The number of ether oxygens (including phenoxy) is 1. The van der Waals surface area contributed by atoms with Crippen molar-refractivity contribution < 1.29 is 4.74 Å². The van der Waals surface area contributed by atoms with Crippen molar-refractivity contribution >= 4 is 0 Å². The first-order chi connectivity index (χ1) is 3.83. The Balaban J connectivity index is 2.84. The lowest BCUT2D eigenvalue weighted by atomic mass is 10.9. The number of hydrogen-bond donors (Lipinski definition) is 0. The molecule has 4 nitrogen and oxygen atoms in total. The summed E-state index contributed by atoms with van der Waals surface area (Å²) in [7, 11) is 3.30. The van der Waals surface area contributed by atoms with Gasteiger partial charge in [-0.2, -0.15) is 9.90 Å². The largest absolute Gasteiger partial charge is 0.479 e. The van der Waals surface area contributed by atoms with Gasteiger partial charge in [-0.15, -0.1) is 5.10 Å². The maximum atomic E-state index is 4.74. The average molecular weight is 113 g/mol. The van der Waals surface area contributed by atoms with Crippen molar-refractivity contribution in [3.05, 3.63) is 6.20 Å². The summed E-state index contributed by atoms with van der Waals surface area (Å²) >= 11 is 0. The van der Waals surface area contributed by atoms with Crippen LogP contribution in [-0.2, 0) is 7.05 Å². The summed E-state index contributed by atoms with van der Waals surface area (Å²) in [5.74, 6) is 0.549. The Morgan fingerprint density at radius 3 is 2.75 bits per heavy atom. The number of aryl methyl sites for hydroxylation is 1. The molecule has 0 aromatic carbocycles. The molecule has 0 fully saturated rings. The smallest absolute Gasteiger partial charge is 0.253 e. The summed E-state index contributed by atoms with van der Waals surface area (Å²) in [6, 6.07) is 0. The Morgan fingerprint density at radius 1 is 1.75 bits per heavy atom. The Kier molecular flexibility index (Phi) is 1.15. The maximum Gasteiger partial charge on any atom is 0.253 e. The van der Waals surface area contributed by atoms with Gasteiger partial charge in [0.25, 0.3) is 5.88 Å². The van der Waals surface area contributed by atoms with E-state index in [9.17, 15) is 0 Å². The third kappa shape index (κ3) is 0.776. The van der Waals surface area contributed by atoms with Crippen molar-refractivity contribution in [3.8, 4) is 5.88 Å². The second-order valence-electron chi connectivity index (χ2n) is 1.38. The quantitative estimate of drug-likeness (QED) is 0.507. The molecule has 44 valence electrons. The van der Waals surface area contributed by atoms with E-state index in [1.165, 1.54) is 4.80 Å². The molecule has 0 spiro atoms. The molecule has 0 saturated heterocycles. The summed E-state index contributed by atoms with van der Waals surface area (Å²) in [6.45, 7) is 0. The van der Waals surface area contributed by atoms with E-state index in [4.69, 9.17) is 4.74 Å². The van der Waals surface area contributed by atoms with E-state index in [-0.39, 0.29) is 0 Å². The standard InChI is InChI=1S/C4H7N3O/c1-7-5-3-4(6-7)8-2/h3H,1-2H3. The highest BCUT2D eigenvalue weighted by atomic mass is 16.5. The highest BCUT2D eigenvalue weighted by molar-refractivity contribution is 4.96. The van der Waals surface area contributed by atoms with Crippen LogP contribution >= 0.6 is 0 Å². The van der Waals surface area contributed by atoms with Gasteiger partial charge < -0.3 is 4.74 Å². The fourth-order valence-electron chi connectivity index (χ4n) is 0.421. The molecular formula is C4H7N3O. The predicted molar refractivity (Wildman–Crippen MR) is 27.6 cm³/mol. The number of nitrogens with zero attached hydrogens (tertiary/aromatic N) is 3. The van der Waals surface area contributed by atoms with Gasteiger partial charge in [0.1, 0.15) is 6.20 Å². The van der Waals surface area contributed by atoms with Gasteiger partial charge in [0.15, 0.2) is 0 Å². The van der Waals surface area contributed by atoms with Crippen LogP contribution in [0.4, 0.5) is 0 Å². The average Bonchev–Trinajstić information content (AvgIpc) is 2.14. The monoisotopic (exact) mass is 113 g/mol. The molecule has 0 atom stereocenters. The zero-order chi connectivity index (χ0) is 5.98. The minimum atomic E-state index is 0.549. The summed E-state index contributed by atoms with van der Waals surface area (Å²) < 4.78 is 4.74. The number of aromatic nitrogens is 3. The van der Waals surface area contributed by atoms with Crippen molar-refractivity contribution in [2.24, 2.45) is 7.05 Å². The third-order valence-corrected chi connectivity index (χ3v) is 0.788. The van der Waals surface area contributed by atoms with Gasteiger partial charge in [-0.05, 0) is 0 Å². The lowest BCUT2D eigenvalue weighted by molar-refractivity contribution is 0.391. The van der Waals surface area contributed by atoms with Crippen LogP contribution in [-0.4, -0.2) is 22.1 Å². The molecule has 0 saturated carbocycles. The second-order valence-corrected chi connectivity index (χ2v) is 1.38. The molecule has 1 aromatic rings. The van der Waals surface area contributed by atoms with E-state index in [0.29, 0.717) is 5.88 Å². The minimum absolute atomic E-state index is 0.549. The Hall–Kier alpha value is -1.06. The molecule has 0 bridgehead atoms. The van der Waals surface area contributed by atoms with Crippen LogP contribution in [0.5, 0.6) is 5.88 Å². The van der Waals surface area contributed by atoms with E-state index in [2.05, 4.69) is 10.2 Å². The van der Waals surface area contributed by atoms with Crippen LogP contribution in [0.1, 0.15) is 0 Å². The van der Waals surface area contributed by atoms with Crippen molar-refractivity contribution in [2.75, 3.05) is 7.11 Å². The first kappa shape index (κ1) is 5.08. The molecule has 0 amide bonds.